The van der Waals surface area contributed by atoms with Crippen LogP contribution in [0, 0.1) is 0 Å². The number of carbonyl (C=O) groups is 1. The molecule has 1 N–H and O–H groups in total. The predicted octanol–water partition coefficient (Wildman–Crippen LogP) is 2.25. The van der Waals surface area contributed by atoms with E-state index in [0.717, 1.165) is 0 Å². The molecule has 0 unspecified atom stereocenters. The minimum Gasteiger partial charge on any atom is -0.439 e. The molecule has 0 aliphatic heterocycles. The summed E-state index contributed by atoms with van der Waals surface area (Å²) in [6.07, 6.45) is 2.95. The van der Waals surface area contributed by atoms with Crippen LogP contribution in [0.15, 0.2) is 55.0 Å². The number of aryl methyl sites for hydroxylation is 1. The van der Waals surface area contributed by atoms with Crippen molar-refractivity contribution in [2.24, 2.45) is 7.05 Å². The molecule has 0 saturated heterocycles. The standard InChI is InChI=1S/C15H13N5O2/c1-20-10-17-15(19-20)18-14(21)11-7-8-13(16-9-11)22-12-5-3-2-4-6-12/h2-10H,1H3,(H,18,19,21). The zero-order chi connectivity index (χ0) is 15.4. The van der Waals surface area contributed by atoms with Gasteiger partial charge in [-0.15, -0.1) is 5.10 Å². The number of hydrogen-bond donors (Lipinski definition) is 1. The van der Waals surface area contributed by atoms with Gasteiger partial charge in [0.15, 0.2) is 0 Å². The number of hydrogen-bond acceptors (Lipinski definition) is 5. The largest absolute Gasteiger partial charge is 0.439 e. The lowest BCUT2D eigenvalue weighted by Crippen LogP contribution is -2.13. The van der Waals surface area contributed by atoms with Gasteiger partial charge in [-0.2, -0.15) is 0 Å². The fourth-order valence-electron chi connectivity index (χ4n) is 1.75. The highest BCUT2D eigenvalue weighted by Crippen LogP contribution is 2.18. The van der Waals surface area contributed by atoms with Gasteiger partial charge in [0.2, 0.25) is 11.8 Å². The maximum absolute atomic E-state index is 12.0. The molecule has 0 radical (unpaired) electrons. The first-order valence-electron chi connectivity index (χ1n) is 6.57. The van der Waals surface area contributed by atoms with Crippen LogP contribution in [0.25, 0.3) is 0 Å². The second-order valence-electron chi connectivity index (χ2n) is 4.50. The minimum absolute atomic E-state index is 0.247. The van der Waals surface area contributed by atoms with Crippen LogP contribution < -0.4 is 10.1 Å². The molecule has 2 heterocycles. The zero-order valence-corrected chi connectivity index (χ0v) is 11.8. The normalized spacial score (nSPS) is 10.2. The van der Waals surface area contributed by atoms with Crippen molar-refractivity contribution in [3.8, 4) is 11.6 Å². The molecule has 0 atom stereocenters. The van der Waals surface area contributed by atoms with Crippen molar-refractivity contribution in [2.45, 2.75) is 0 Å². The van der Waals surface area contributed by atoms with Crippen molar-refractivity contribution in [2.75, 3.05) is 5.32 Å². The summed E-state index contributed by atoms with van der Waals surface area (Å²) in [4.78, 5) is 20.1. The number of carbonyl (C=O) groups excluding carboxylic acids is 1. The summed E-state index contributed by atoms with van der Waals surface area (Å²) in [5.41, 5.74) is 0.396. The van der Waals surface area contributed by atoms with Gasteiger partial charge in [-0.25, -0.2) is 9.97 Å². The van der Waals surface area contributed by atoms with Gasteiger partial charge in [-0.3, -0.25) is 14.8 Å². The zero-order valence-electron chi connectivity index (χ0n) is 11.8. The smallest absolute Gasteiger partial charge is 0.259 e. The van der Waals surface area contributed by atoms with Crippen molar-refractivity contribution in [1.82, 2.24) is 19.7 Å². The van der Waals surface area contributed by atoms with Gasteiger partial charge < -0.3 is 4.74 Å². The summed E-state index contributed by atoms with van der Waals surface area (Å²) in [5, 5.41) is 6.56. The maximum Gasteiger partial charge on any atom is 0.259 e. The summed E-state index contributed by atoms with van der Waals surface area (Å²) in [7, 11) is 1.72. The molecule has 0 fully saturated rings. The Labute approximate surface area is 126 Å². The number of pyridine rings is 1. The number of nitrogens with zero attached hydrogens (tertiary/aromatic N) is 4. The first-order valence-corrected chi connectivity index (χ1v) is 6.57. The molecule has 7 heteroatoms. The third-order valence-electron chi connectivity index (χ3n) is 2.79. The molecule has 0 aliphatic rings. The Balaban J connectivity index is 1.67. The van der Waals surface area contributed by atoms with Crippen molar-refractivity contribution in [3.63, 3.8) is 0 Å². The minimum atomic E-state index is -0.329. The van der Waals surface area contributed by atoms with E-state index in [9.17, 15) is 4.79 Å². The number of rotatable bonds is 4. The molecular weight excluding hydrogens is 282 g/mol. The average Bonchev–Trinajstić information content (AvgIpc) is 2.94. The summed E-state index contributed by atoms with van der Waals surface area (Å²) in [6, 6.07) is 12.6. The molecule has 1 amide bonds. The van der Waals surface area contributed by atoms with E-state index in [4.69, 9.17) is 4.74 Å². The van der Waals surface area contributed by atoms with Crippen LogP contribution in [0.1, 0.15) is 10.4 Å². The molecule has 3 rings (SSSR count). The van der Waals surface area contributed by atoms with Crippen molar-refractivity contribution in [3.05, 3.63) is 60.6 Å². The topological polar surface area (TPSA) is 81.9 Å². The van der Waals surface area contributed by atoms with E-state index in [-0.39, 0.29) is 11.9 Å². The molecule has 2 aromatic heterocycles. The fraction of sp³-hybridized carbons (Fsp3) is 0.0667. The van der Waals surface area contributed by atoms with E-state index >= 15 is 0 Å². The quantitative estimate of drug-likeness (QED) is 0.798. The monoisotopic (exact) mass is 295 g/mol. The molecule has 0 aliphatic carbocycles. The van der Waals surface area contributed by atoms with Gasteiger partial charge in [0.05, 0.1) is 5.56 Å². The Morgan fingerprint density at radius 3 is 2.59 bits per heavy atom. The molecule has 3 aromatic rings. The van der Waals surface area contributed by atoms with Crippen LogP contribution in [0.4, 0.5) is 5.95 Å². The summed E-state index contributed by atoms with van der Waals surface area (Å²) < 4.78 is 7.07. The summed E-state index contributed by atoms with van der Waals surface area (Å²) in [5.74, 6) is 1.02. The third kappa shape index (κ3) is 3.26. The number of amides is 1. The maximum atomic E-state index is 12.0. The van der Waals surface area contributed by atoms with Crippen LogP contribution >= 0.6 is 0 Å². The van der Waals surface area contributed by atoms with Crippen molar-refractivity contribution >= 4 is 11.9 Å². The molecule has 22 heavy (non-hydrogen) atoms. The van der Waals surface area contributed by atoms with E-state index in [1.165, 1.54) is 17.2 Å². The van der Waals surface area contributed by atoms with E-state index in [2.05, 4.69) is 20.4 Å². The SMILES string of the molecule is Cn1cnc(NC(=O)c2ccc(Oc3ccccc3)nc2)n1. The van der Waals surface area contributed by atoms with E-state index in [1.807, 2.05) is 30.3 Å². The number of benzene rings is 1. The van der Waals surface area contributed by atoms with Gasteiger partial charge in [0.1, 0.15) is 12.1 Å². The number of nitrogens with one attached hydrogen (secondary N) is 1. The van der Waals surface area contributed by atoms with Crippen LogP contribution in [-0.4, -0.2) is 25.7 Å². The Morgan fingerprint density at radius 2 is 1.95 bits per heavy atom. The molecule has 110 valence electrons. The molecule has 0 bridgehead atoms. The van der Waals surface area contributed by atoms with Crippen LogP contribution in [0.3, 0.4) is 0 Å². The first kappa shape index (κ1) is 13.7. The first-order chi connectivity index (χ1) is 10.7. The summed E-state index contributed by atoms with van der Waals surface area (Å²) >= 11 is 0. The van der Waals surface area contributed by atoms with Gasteiger partial charge in [0.25, 0.3) is 5.91 Å². The highest BCUT2D eigenvalue weighted by Gasteiger charge is 2.09. The Bertz CT molecular complexity index is 768. The molecule has 7 nitrogen and oxygen atoms in total. The number of aromatic nitrogens is 4. The van der Waals surface area contributed by atoms with Crippen molar-refractivity contribution in [1.29, 1.82) is 0 Å². The van der Waals surface area contributed by atoms with Gasteiger partial charge in [-0.05, 0) is 18.2 Å². The number of ether oxygens (including phenoxy) is 1. The van der Waals surface area contributed by atoms with Crippen LogP contribution in [0.5, 0.6) is 11.6 Å². The number of anilines is 1. The van der Waals surface area contributed by atoms with Gasteiger partial charge in [0, 0.05) is 19.3 Å². The van der Waals surface area contributed by atoms with E-state index in [0.29, 0.717) is 17.2 Å². The predicted molar refractivity (Wildman–Crippen MR) is 79.7 cm³/mol. The molecule has 0 saturated carbocycles. The number of para-hydroxylation sites is 1. The lowest BCUT2D eigenvalue weighted by Gasteiger charge is -2.05. The van der Waals surface area contributed by atoms with Gasteiger partial charge in [-0.1, -0.05) is 18.2 Å². The van der Waals surface area contributed by atoms with Crippen LogP contribution in [-0.2, 0) is 7.05 Å². The highest BCUT2D eigenvalue weighted by atomic mass is 16.5. The lowest BCUT2D eigenvalue weighted by atomic mass is 10.2. The Kier molecular flexibility index (Phi) is 3.78. The Hall–Kier alpha value is -3.22. The average molecular weight is 295 g/mol. The van der Waals surface area contributed by atoms with E-state index in [1.54, 1.807) is 19.2 Å². The molecular formula is C15H13N5O2. The second-order valence-corrected chi connectivity index (χ2v) is 4.50. The second kappa shape index (κ2) is 6.04. The van der Waals surface area contributed by atoms with Gasteiger partial charge >= 0.3 is 0 Å². The lowest BCUT2D eigenvalue weighted by molar-refractivity contribution is 0.102. The molecule has 1 aromatic carbocycles. The summed E-state index contributed by atoms with van der Waals surface area (Å²) in [6.45, 7) is 0. The fourth-order valence-corrected chi connectivity index (χ4v) is 1.75. The Morgan fingerprint density at radius 1 is 1.14 bits per heavy atom. The van der Waals surface area contributed by atoms with Crippen LogP contribution in [0.2, 0.25) is 0 Å². The third-order valence-corrected chi connectivity index (χ3v) is 2.79. The molecule has 0 spiro atoms. The van der Waals surface area contributed by atoms with E-state index < -0.39 is 0 Å². The highest BCUT2D eigenvalue weighted by molar-refractivity contribution is 6.03. The van der Waals surface area contributed by atoms with Crippen molar-refractivity contribution < 1.29 is 9.53 Å².